The fraction of sp³-hybridized carbons (Fsp3) is 0.538. The summed E-state index contributed by atoms with van der Waals surface area (Å²) in [5.74, 6) is -0.137. The second-order valence-corrected chi connectivity index (χ2v) is 5.63. The fourth-order valence-corrected chi connectivity index (χ4v) is 2.76. The highest BCUT2D eigenvalue weighted by Gasteiger charge is 2.52. The van der Waals surface area contributed by atoms with Gasteiger partial charge in [-0.1, -0.05) is 6.07 Å². The Morgan fingerprint density at radius 1 is 1.28 bits per heavy atom. The van der Waals surface area contributed by atoms with Crippen molar-refractivity contribution in [2.45, 2.75) is 44.4 Å². The molecular weight excluding hydrogens is 252 g/mol. The molecule has 1 aliphatic heterocycles. The van der Waals surface area contributed by atoms with Crippen molar-refractivity contribution in [2.75, 3.05) is 0 Å². The predicted molar refractivity (Wildman–Crippen MR) is 63.1 cm³/mol. The number of aliphatic hydroxyl groups is 1. The summed E-state index contributed by atoms with van der Waals surface area (Å²) in [6, 6.07) is 5.01. The van der Waals surface area contributed by atoms with E-state index in [0.717, 1.165) is 0 Å². The van der Waals surface area contributed by atoms with Crippen LogP contribution in [0.3, 0.4) is 0 Å². The maximum absolute atomic E-state index is 12.1. The number of aromatic nitrogens is 1. The highest BCUT2D eigenvalue weighted by atomic mass is 35.5. The molecule has 0 aliphatic carbocycles. The van der Waals surface area contributed by atoms with Crippen LogP contribution < -0.4 is 22.3 Å². The van der Waals surface area contributed by atoms with E-state index in [2.05, 4.69) is 5.32 Å². The molecule has 5 heteroatoms. The minimum Gasteiger partial charge on any atom is -1.00 e. The average Bonchev–Trinajstić information content (AvgIpc) is 2.14. The Kier molecular flexibility index (Phi) is 4.03. The predicted octanol–water partition coefficient (Wildman–Crippen LogP) is -2.43. The Labute approximate surface area is 113 Å². The molecule has 2 atom stereocenters. The van der Waals surface area contributed by atoms with E-state index >= 15 is 0 Å². The number of hydrogen-bond donors (Lipinski definition) is 2. The third kappa shape index (κ3) is 2.82. The smallest absolute Gasteiger partial charge is 0.292 e. The molecule has 2 heterocycles. The van der Waals surface area contributed by atoms with E-state index in [4.69, 9.17) is 0 Å². The molecule has 4 nitrogen and oxygen atoms in total. The van der Waals surface area contributed by atoms with Gasteiger partial charge >= 0.3 is 0 Å². The second kappa shape index (κ2) is 4.86. The zero-order valence-electron chi connectivity index (χ0n) is 10.9. The highest BCUT2D eigenvalue weighted by Crippen LogP contribution is 2.32. The van der Waals surface area contributed by atoms with Gasteiger partial charge in [0.05, 0.1) is 0 Å². The van der Waals surface area contributed by atoms with Gasteiger partial charge in [0.2, 0.25) is 0 Å². The number of amides is 1. The summed E-state index contributed by atoms with van der Waals surface area (Å²) < 4.78 is 1.75. The normalized spacial score (nSPS) is 30.2. The van der Waals surface area contributed by atoms with Crippen molar-refractivity contribution in [3.63, 3.8) is 0 Å². The number of carbonyl (C=O) groups excluding carboxylic acids is 1. The van der Waals surface area contributed by atoms with Crippen LogP contribution in [0.5, 0.6) is 0 Å². The van der Waals surface area contributed by atoms with Crippen LogP contribution in [0.1, 0.15) is 33.2 Å². The van der Waals surface area contributed by atoms with Gasteiger partial charge < -0.3 is 22.8 Å². The van der Waals surface area contributed by atoms with Gasteiger partial charge in [-0.3, -0.25) is 4.79 Å². The lowest BCUT2D eigenvalue weighted by molar-refractivity contribution is -0.724. The van der Waals surface area contributed by atoms with Crippen molar-refractivity contribution in [2.24, 2.45) is 0 Å². The number of halogens is 1. The van der Waals surface area contributed by atoms with Crippen LogP contribution in [0.15, 0.2) is 30.6 Å². The highest BCUT2D eigenvalue weighted by molar-refractivity contribution is 5.81. The van der Waals surface area contributed by atoms with Crippen LogP contribution in [0, 0.1) is 0 Å². The molecule has 1 amide bonds. The number of nitrogens with zero attached hydrogens (tertiary/aromatic N) is 1. The average molecular weight is 271 g/mol. The first kappa shape index (κ1) is 14.9. The van der Waals surface area contributed by atoms with Gasteiger partial charge in [-0.15, -0.1) is 0 Å². The quantitative estimate of drug-likeness (QED) is 0.558. The van der Waals surface area contributed by atoms with Crippen LogP contribution in [-0.4, -0.2) is 22.2 Å². The van der Waals surface area contributed by atoms with Gasteiger partial charge in [0.25, 0.3) is 11.9 Å². The molecule has 0 aromatic carbocycles. The third-order valence-corrected chi connectivity index (χ3v) is 3.14. The van der Waals surface area contributed by atoms with E-state index in [9.17, 15) is 9.90 Å². The Morgan fingerprint density at radius 2 is 1.83 bits per heavy atom. The van der Waals surface area contributed by atoms with E-state index in [1.165, 1.54) is 0 Å². The largest absolute Gasteiger partial charge is 1.00 e. The van der Waals surface area contributed by atoms with Gasteiger partial charge in [-0.2, -0.15) is 4.57 Å². The van der Waals surface area contributed by atoms with Crippen LogP contribution in [-0.2, 0) is 4.79 Å². The van der Waals surface area contributed by atoms with E-state index in [0.29, 0.717) is 6.42 Å². The first-order valence-electron chi connectivity index (χ1n) is 5.82. The lowest BCUT2D eigenvalue weighted by atomic mass is 9.78. The second-order valence-electron chi connectivity index (χ2n) is 5.63. The minimum atomic E-state index is -1.04. The summed E-state index contributed by atoms with van der Waals surface area (Å²) in [5.41, 5.74) is -1.41. The van der Waals surface area contributed by atoms with Crippen LogP contribution in [0.4, 0.5) is 0 Å². The van der Waals surface area contributed by atoms with Crippen molar-refractivity contribution in [3.05, 3.63) is 30.6 Å². The van der Waals surface area contributed by atoms with Gasteiger partial charge in [0.15, 0.2) is 12.4 Å². The van der Waals surface area contributed by atoms with E-state index in [1.807, 2.05) is 32.0 Å². The van der Waals surface area contributed by atoms with Gasteiger partial charge in [-0.25, -0.2) is 0 Å². The molecule has 2 rings (SSSR count). The van der Waals surface area contributed by atoms with Crippen molar-refractivity contribution < 1.29 is 26.9 Å². The van der Waals surface area contributed by atoms with Crippen molar-refractivity contribution in [1.82, 2.24) is 5.32 Å². The zero-order valence-corrected chi connectivity index (χ0v) is 11.6. The zero-order chi connectivity index (χ0) is 12.7. The monoisotopic (exact) mass is 270 g/mol. The molecule has 2 N–H and O–H groups in total. The molecule has 1 saturated heterocycles. The maximum atomic E-state index is 12.1. The van der Waals surface area contributed by atoms with Gasteiger partial charge in [0, 0.05) is 24.1 Å². The number of pyridine rings is 1. The van der Waals surface area contributed by atoms with E-state index < -0.39 is 11.6 Å². The van der Waals surface area contributed by atoms with E-state index in [1.54, 1.807) is 23.9 Å². The molecule has 1 aromatic rings. The summed E-state index contributed by atoms with van der Waals surface area (Å²) in [6.07, 6.45) is 4.13. The molecule has 0 spiro atoms. The SMILES string of the molecule is CC1(C)CC(C)(O)C([n+]2ccccc2)C(=O)N1.[Cl-]. The summed E-state index contributed by atoms with van der Waals surface area (Å²) in [4.78, 5) is 12.1. The molecule has 0 bridgehead atoms. The summed E-state index contributed by atoms with van der Waals surface area (Å²) >= 11 is 0. The standard InChI is InChI=1S/C13H18N2O2.ClH/c1-12(2)9-13(3,17)10(11(16)14-12)15-7-5-4-6-8-15;/h4-8,10,17H,9H2,1-3H3;1H. The molecule has 1 fully saturated rings. The van der Waals surface area contributed by atoms with Gasteiger partial charge in [0.1, 0.15) is 5.60 Å². The van der Waals surface area contributed by atoms with Crippen LogP contribution >= 0.6 is 0 Å². The summed E-state index contributed by atoms with van der Waals surface area (Å²) in [7, 11) is 0. The Hall–Kier alpha value is -1.13. The molecular formula is C13H19ClN2O2. The van der Waals surface area contributed by atoms with Crippen molar-refractivity contribution in [1.29, 1.82) is 0 Å². The number of hydrogen-bond acceptors (Lipinski definition) is 2. The molecule has 1 aromatic heterocycles. The number of carbonyl (C=O) groups is 1. The van der Waals surface area contributed by atoms with Crippen molar-refractivity contribution >= 4 is 5.91 Å². The Bertz CT molecular complexity index is 432. The molecule has 2 unspecified atom stereocenters. The van der Waals surface area contributed by atoms with Crippen LogP contribution in [0.25, 0.3) is 0 Å². The van der Waals surface area contributed by atoms with Crippen molar-refractivity contribution in [3.8, 4) is 0 Å². The maximum Gasteiger partial charge on any atom is 0.292 e. The van der Waals surface area contributed by atoms with Gasteiger partial charge in [-0.05, 0) is 20.8 Å². The first-order valence-corrected chi connectivity index (χ1v) is 5.82. The molecule has 1 aliphatic rings. The molecule has 18 heavy (non-hydrogen) atoms. The molecule has 0 radical (unpaired) electrons. The fourth-order valence-electron chi connectivity index (χ4n) is 2.76. The molecule has 0 saturated carbocycles. The Morgan fingerprint density at radius 3 is 2.33 bits per heavy atom. The Balaban J connectivity index is 0.00000162. The number of nitrogens with one attached hydrogen (secondary N) is 1. The van der Waals surface area contributed by atoms with E-state index in [-0.39, 0.29) is 23.9 Å². The molecule has 100 valence electrons. The summed E-state index contributed by atoms with van der Waals surface area (Å²) in [6.45, 7) is 5.56. The number of rotatable bonds is 1. The lowest BCUT2D eigenvalue weighted by Gasteiger charge is -2.41. The third-order valence-electron chi connectivity index (χ3n) is 3.14. The summed E-state index contributed by atoms with van der Waals surface area (Å²) in [5, 5.41) is 13.5. The number of piperidine rings is 1. The minimum absolute atomic E-state index is 0. The first-order chi connectivity index (χ1) is 7.82. The topological polar surface area (TPSA) is 53.2 Å². The van der Waals surface area contributed by atoms with Crippen LogP contribution in [0.2, 0.25) is 0 Å². The lowest BCUT2D eigenvalue weighted by Crippen LogP contribution is -3.00.